The summed E-state index contributed by atoms with van der Waals surface area (Å²) in [5.74, 6) is 0.288. The molecule has 0 bridgehead atoms. The van der Waals surface area contributed by atoms with E-state index in [4.69, 9.17) is 0 Å². The summed E-state index contributed by atoms with van der Waals surface area (Å²) in [6.07, 6.45) is 4.69. The molecule has 1 amide bonds. The minimum absolute atomic E-state index is 0.269. The number of nitrogens with one attached hydrogen (secondary N) is 2. The second kappa shape index (κ2) is 5.90. The van der Waals surface area contributed by atoms with Crippen molar-refractivity contribution in [2.45, 2.75) is 13.5 Å². The van der Waals surface area contributed by atoms with Gasteiger partial charge >= 0.3 is 0 Å². The third kappa shape index (κ3) is 3.25. The van der Waals surface area contributed by atoms with Crippen molar-refractivity contribution < 1.29 is 4.79 Å². The van der Waals surface area contributed by atoms with Crippen molar-refractivity contribution in [3.8, 4) is 0 Å². The summed E-state index contributed by atoms with van der Waals surface area (Å²) in [4.78, 5) is 24.2. The molecule has 2 N–H and O–H groups in total. The van der Waals surface area contributed by atoms with E-state index in [1.54, 1.807) is 19.4 Å². The van der Waals surface area contributed by atoms with Gasteiger partial charge in [-0.3, -0.25) is 14.8 Å². The molecule has 0 saturated heterocycles. The Hall–Kier alpha value is -2.50. The molecule has 0 unspecified atom stereocenters. The van der Waals surface area contributed by atoms with Crippen LogP contribution in [0.15, 0.2) is 30.7 Å². The average Bonchev–Trinajstić information content (AvgIpc) is 2.46. The number of nitrogens with zero attached hydrogens (tertiary/aromatic N) is 3. The number of aryl methyl sites for hydroxylation is 1. The van der Waals surface area contributed by atoms with E-state index >= 15 is 0 Å². The van der Waals surface area contributed by atoms with E-state index in [-0.39, 0.29) is 11.6 Å². The Morgan fingerprint density at radius 2 is 2.21 bits per heavy atom. The zero-order valence-corrected chi connectivity index (χ0v) is 10.8. The highest BCUT2D eigenvalue weighted by Gasteiger charge is 2.09. The Kier molecular flexibility index (Phi) is 4.02. The summed E-state index contributed by atoms with van der Waals surface area (Å²) in [6, 6.07) is 3.82. The topological polar surface area (TPSA) is 79.8 Å². The first-order chi connectivity index (χ1) is 9.20. The summed E-state index contributed by atoms with van der Waals surface area (Å²) in [6.45, 7) is 2.33. The van der Waals surface area contributed by atoms with Crippen LogP contribution in [0.25, 0.3) is 0 Å². The van der Waals surface area contributed by atoms with Crippen LogP contribution in [0.3, 0.4) is 0 Å². The van der Waals surface area contributed by atoms with Crippen LogP contribution < -0.4 is 10.6 Å². The number of pyridine rings is 1. The molecule has 6 nitrogen and oxygen atoms in total. The Morgan fingerprint density at radius 1 is 1.37 bits per heavy atom. The molecule has 0 spiro atoms. The van der Waals surface area contributed by atoms with Gasteiger partial charge in [-0.25, -0.2) is 4.98 Å². The highest BCUT2D eigenvalue weighted by Crippen LogP contribution is 2.04. The smallest absolute Gasteiger partial charge is 0.271 e. The van der Waals surface area contributed by atoms with Crippen LogP contribution in [0.1, 0.15) is 21.7 Å². The SMILES string of the molecule is CNc1cncc(C(=O)NCc2ncccc2C)n1. The second-order valence-electron chi connectivity index (χ2n) is 3.99. The molecule has 2 rings (SSSR count). The van der Waals surface area contributed by atoms with E-state index in [0.717, 1.165) is 11.3 Å². The van der Waals surface area contributed by atoms with Crippen LogP contribution in [0.2, 0.25) is 0 Å². The first-order valence-electron chi connectivity index (χ1n) is 5.89. The Balaban J connectivity index is 2.03. The molecule has 2 aromatic rings. The maximum Gasteiger partial charge on any atom is 0.271 e. The standard InChI is InChI=1S/C13H15N5O/c1-9-4-3-5-16-10(9)7-17-13(19)11-6-15-8-12(14-2)18-11/h3-6,8H,7H2,1-2H3,(H,14,18)(H,17,19). The third-order valence-corrected chi connectivity index (χ3v) is 2.66. The van der Waals surface area contributed by atoms with Gasteiger partial charge in [-0.05, 0) is 18.6 Å². The van der Waals surface area contributed by atoms with Gasteiger partial charge in [-0.1, -0.05) is 6.07 Å². The van der Waals surface area contributed by atoms with Crippen LogP contribution in [0.4, 0.5) is 5.82 Å². The van der Waals surface area contributed by atoms with Crippen molar-refractivity contribution in [1.82, 2.24) is 20.3 Å². The maximum absolute atomic E-state index is 11.9. The summed E-state index contributed by atoms with van der Waals surface area (Å²) >= 11 is 0. The molecule has 0 saturated carbocycles. The second-order valence-corrected chi connectivity index (χ2v) is 3.99. The van der Waals surface area contributed by atoms with Crippen LogP contribution in [-0.2, 0) is 6.54 Å². The lowest BCUT2D eigenvalue weighted by molar-refractivity contribution is 0.0945. The Morgan fingerprint density at radius 3 is 2.95 bits per heavy atom. The van der Waals surface area contributed by atoms with Crippen LogP contribution >= 0.6 is 0 Å². The number of amides is 1. The number of carbonyl (C=O) groups is 1. The molecule has 6 heteroatoms. The van der Waals surface area contributed by atoms with Gasteiger partial charge in [0.25, 0.3) is 5.91 Å². The molecule has 0 aliphatic carbocycles. The minimum Gasteiger partial charge on any atom is -0.372 e. The number of anilines is 1. The number of hydrogen-bond donors (Lipinski definition) is 2. The molecule has 0 aliphatic rings. The fourth-order valence-corrected chi connectivity index (χ4v) is 1.55. The zero-order valence-electron chi connectivity index (χ0n) is 10.8. The monoisotopic (exact) mass is 257 g/mol. The van der Waals surface area contributed by atoms with E-state index in [2.05, 4.69) is 25.6 Å². The van der Waals surface area contributed by atoms with E-state index in [1.165, 1.54) is 6.20 Å². The summed E-state index contributed by atoms with van der Waals surface area (Å²) in [5, 5.41) is 5.61. The molecule has 19 heavy (non-hydrogen) atoms. The van der Waals surface area contributed by atoms with Crippen molar-refractivity contribution in [2.24, 2.45) is 0 Å². The van der Waals surface area contributed by atoms with Crippen molar-refractivity contribution in [3.63, 3.8) is 0 Å². The molecule has 98 valence electrons. The van der Waals surface area contributed by atoms with Crippen LogP contribution in [0, 0.1) is 6.92 Å². The minimum atomic E-state index is -0.269. The van der Waals surface area contributed by atoms with E-state index < -0.39 is 0 Å². The lowest BCUT2D eigenvalue weighted by Gasteiger charge is -2.07. The van der Waals surface area contributed by atoms with E-state index in [9.17, 15) is 4.79 Å². The molecular weight excluding hydrogens is 242 g/mol. The number of rotatable bonds is 4. The lowest BCUT2D eigenvalue weighted by Crippen LogP contribution is -2.25. The van der Waals surface area contributed by atoms with Gasteiger partial charge in [0.15, 0.2) is 0 Å². The summed E-state index contributed by atoms with van der Waals surface area (Å²) < 4.78 is 0. The fraction of sp³-hybridized carbons (Fsp3) is 0.231. The molecule has 0 aliphatic heterocycles. The molecular formula is C13H15N5O. The molecule has 0 aromatic carbocycles. The molecule has 0 atom stereocenters. The van der Waals surface area contributed by atoms with Crippen LogP contribution in [0.5, 0.6) is 0 Å². The average molecular weight is 257 g/mol. The van der Waals surface area contributed by atoms with Crippen molar-refractivity contribution >= 4 is 11.7 Å². The molecule has 2 heterocycles. The van der Waals surface area contributed by atoms with Gasteiger partial charge < -0.3 is 10.6 Å². The van der Waals surface area contributed by atoms with Crippen molar-refractivity contribution in [2.75, 3.05) is 12.4 Å². The van der Waals surface area contributed by atoms with Crippen molar-refractivity contribution in [3.05, 3.63) is 47.7 Å². The number of aromatic nitrogens is 3. The predicted molar refractivity (Wildman–Crippen MR) is 71.7 cm³/mol. The van der Waals surface area contributed by atoms with E-state index in [0.29, 0.717) is 12.4 Å². The lowest BCUT2D eigenvalue weighted by atomic mass is 10.2. The number of carbonyl (C=O) groups excluding carboxylic acids is 1. The first kappa shape index (κ1) is 12.9. The van der Waals surface area contributed by atoms with Gasteiger partial charge in [0.2, 0.25) is 0 Å². The molecule has 2 aromatic heterocycles. The quantitative estimate of drug-likeness (QED) is 0.859. The van der Waals surface area contributed by atoms with Gasteiger partial charge in [-0.2, -0.15) is 0 Å². The number of hydrogen-bond acceptors (Lipinski definition) is 5. The Bertz CT molecular complexity index is 585. The van der Waals surface area contributed by atoms with Gasteiger partial charge in [0, 0.05) is 13.2 Å². The third-order valence-electron chi connectivity index (χ3n) is 2.66. The van der Waals surface area contributed by atoms with E-state index in [1.807, 2.05) is 19.1 Å². The van der Waals surface area contributed by atoms with Crippen molar-refractivity contribution in [1.29, 1.82) is 0 Å². The largest absolute Gasteiger partial charge is 0.372 e. The first-order valence-corrected chi connectivity index (χ1v) is 5.89. The highest BCUT2D eigenvalue weighted by atomic mass is 16.1. The van der Waals surface area contributed by atoms with Gasteiger partial charge in [-0.15, -0.1) is 0 Å². The highest BCUT2D eigenvalue weighted by molar-refractivity contribution is 5.92. The predicted octanol–water partition coefficient (Wildman–Crippen LogP) is 1.15. The molecule has 0 fully saturated rings. The normalized spacial score (nSPS) is 10.0. The summed E-state index contributed by atoms with van der Waals surface area (Å²) in [5.41, 5.74) is 2.16. The molecule has 0 radical (unpaired) electrons. The van der Waals surface area contributed by atoms with Gasteiger partial charge in [0.05, 0.1) is 24.6 Å². The maximum atomic E-state index is 11.9. The van der Waals surface area contributed by atoms with Gasteiger partial charge in [0.1, 0.15) is 11.5 Å². The summed E-state index contributed by atoms with van der Waals surface area (Å²) in [7, 11) is 1.73. The van der Waals surface area contributed by atoms with Crippen LogP contribution in [-0.4, -0.2) is 27.9 Å². The Labute approximate surface area is 111 Å². The zero-order chi connectivity index (χ0) is 13.7. The fourth-order valence-electron chi connectivity index (χ4n) is 1.55.